The van der Waals surface area contributed by atoms with Crippen LogP contribution in [0, 0.1) is 0 Å². The summed E-state index contributed by atoms with van der Waals surface area (Å²) in [4.78, 5) is 0. The molecule has 118 valence electrons. The van der Waals surface area contributed by atoms with Gasteiger partial charge in [0.25, 0.3) is 0 Å². The van der Waals surface area contributed by atoms with Crippen molar-refractivity contribution < 1.29 is 9.47 Å². The van der Waals surface area contributed by atoms with Crippen LogP contribution in [-0.2, 0) is 4.74 Å². The fourth-order valence-electron chi connectivity index (χ4n) is 2.44. The Balaban J connectivity index is 1.81. The van der Waals surface area contributed by atoms with E-state index in [0.717, 1.165) is 50.3 Å². The lowest BCUT2D eigenvalue weighted by atomic mass is 10.0. The molecule has 0 bridgehead atoms. The second-order valence-electron chi connectivity index (χ2n) is 5.27. The van der Waals surface area contributed by atoms with E-state index >= 15 is 0 Å². The van der Waals surface area contributed by atoms with Crippen molar-refractivity contribution in [2.75, 3.05) is 26.4 Å². The van der Waals surface area contributed by atoms with E-state index in [9.17, 15) is 0 Å². The monoisotopic (exact) mass is 331 g/mol. The first kappa shape index (κ1) is 16.9. The highest BCUT2D eigenvalue weighted by atomic mass is 35.5. The normalized spacial score (nSPS) is 17.4. The van der Waals surface area contributed by atoms with Crippen molar-refractivity contribution in [3.05, 3.63) is 27.7 Å². The molecule has 1 unspecified atom stereocenters. The van der Waals surface area contributed by atoms with E-state index in [2.05, 4.69) is 12.2 Å². The summed E-state index contributed by atoms with van der Waals surface area (Å²) in [5.74, 6) is 0.768. The summed E-state index contributed by atoms with van der Waals surface area (Å²) in [6.45, 7) is 5.43. The molecule has 0 radical (unpaired) electrons. The van der Waals surface area contributed by atoms with Crippen molar-refractivity contribution >= 4 is 23.2 Å². The summed E-state index contributed by atoms with van der Waals surface area (Å²) < 4.78 is 11.2. The Hall–Kier alpha value is -0.480. The van der Waals surface area contributed by atoms with E-state index in [-0.39, 0.29) is 6.04 Å². The van der Waals surface area contributed by atoms with Gasteiger partial charge in [0.2, 0.25) is 0 Å². The van der Waals surface area contributed by atoms with Crippen LogP contribution in [0.5, 0.6) is 5.75 Å². The predicted octanol–water partition coefficient (Wildman–Crippen LogP) is 4.61. The quantitative estimate of drug-likeness (QED) is 0.705. The highest BCUT2D eigenvalue weighted by Crippen LogP contribution is 2.39. The van der Waals surface area contributed by atoms with Crippen LogP contribution < -0.4 is 10.1 Å². The van der Waals surface area contributed by atoms with Gasteiger partial charge in [0.15, 0.2) is 0 Å². The first-order valence-electron chi connectivity index (χ1n) is 7.65. The van der Waals surface area contributed by atoms with Crippen molar-refractivity contribution in [2.24, 2.45) is 0 Å². The van der Waals surface area contributed by atoms with Crippen LogP contribution in [0.15, 0.2) is 12.1 Å². The van der Waals surface area contributed by atoms with Crippen molar-refractivity contribution in [3.8, 4) is 5.75 Å². The standard InChI is InChI=1S/C16H23Cl2NO2/c1-2-3-7-20-8-4-6-19-15-5-9-21-16-13(15)10-12(17)11-14(16)18/h10-11,15,19H,2-9H2,1H3. The second-order valence-corrected chi connectivity index (χ2v) is 6.11. The lowest BCUT2D eigenvalue weighted by molar-refractivity contribution is 0.127. The predicted molar refractivity (Wildman–Crippen MR) is 87.7 cm³/mol. The Morgan fingerprint density at radius 2 is 2.10 bits per heavy atom. The first-order valence-corrected chi connectivity index (χ1v) is 8.41. The maximum Gasteiger partial charge on any atom is 0.142 e. The smallest absolute Gasteiger partial charge is 0.142 e. The van der Waals surface area contributed by atoms with E-state index < -0.39 is 0 Å². The molecular formula is C16H23Cl2NO2. The molecule has 0 amide bonds. The fourth-order valence-corrected chi connectivity index (χ4v) is 3.00. The third-order valence-electron chi connectivity index (χ3n) is 3.56. The molecule has 0 aromatic heterocycles. The molecule has 21 heavy (non-hydrogen) atoms. The Morgan fingerprint density at radius 1 is 1.29 bits per heavy atom. The Bertz CT molecular complexity index is 454. The summed E-state index contributed by atoms with van der Waals surface area (Å²) >= 11 is 12.3. The van der Waals surface area contributed by atoms with Gasteiger partial charge in [0.05, 0.1) is 11.6 Å². The number of benzene rings is 1. The highest BCUT2D eigenvalue weighted by molar-refractivity contribution is 6.35. The number of hydrogen-bond acceptors (Lipinski definition) is 3. The maximum atomic E-state index is 6.19. The van der Waals surface area contributed by atoms with Crippen LogP contribution in [0.3, 0.4) is 0 Å². The molecule has 1 aliphatic heterocycles. The summed E-state index contributed by atoms with van der Waals surface area (Å²) in [6.07, 6.45) is 4.25. The number of ether oxygens (including phenoxy) is 2. The molecular weight excluding hydrogens is 309 g/mol. The number of unbranched alkanes of at least 4 members (excludes halogenated alkanes) is 1. The second kappa shape index (κ2) is 8.84. The van der Waals surface area contributed by atoms with E-state index in [4.69, 9.17) is 32.7 Å². The summed E-state index contributed by atoms with van der Waals surface area (Å²) in [5.41, 5.74) is 1.06. The summed E-state index contributed by atoms with van der Waals surface area (Å²) in [7, 11) is 0. The van der Waals surface area contributed by atoms with Crippen LogP contribution in [0.2, 0.25) is 10.0 Å². The van der Waals surface area contributed by atoms with Gasteiger partial charge in [-0.3, -0.25) is 0 Å². The van der Waals surface area contributed by atoms with Gasteiger partial charge in [-0.15, -0.1) is 0 Å². The molecule has 1 aromatic carbocycles. The minimum absolute atomic E-state index is 0.251. The van der Waals surface area contributed by atoms with Crippen LogP contribution in [0.4, 0.5) is 0 Å². The lowest BCUT2D eigenvalue weighted by Crippen LogP contribution is -2.28. The molecule has 0 saturated carbocycles. The van der Waals surface area contributed by atoms with Crippen molar-refractivity contribution in [1.82, 2.24) is 5.32 Å². The van der Waals surface area contributed by atoms with Gasteiger partial charge in [0.1, 0.15) is 5.75 Å². The van der Waals surface area contributed by atoms with Gasteiger partial charge in [-0.1, -0.05) is 36.5 Å². The third kappa shape index (κ3) is 5.03. The number of hydrogen-bond donors (Lipinski definition) is 1. The van der Waals surface area contributed by atoms with Gasteiger partial charge in [-0.25, -0.2) is 0 Å². The van der Waals surface area contributed by atoms with Gasteiger partial charge >= 0.3 is 0 Å². The number of fused-ring (bicyclic) bond motifs is 1. The third-order valence-corrected chi connectivity index (χ3v) is 4.06. The zero-order chi connectivity index (χ0) is 15.1. The average Bonchev–Trinajstić information content (AvgIpc) is 2.46. The SMILES string of the molecule is CCCCOCCCNC1CCOc2c(Cl)cc(Cl)cc21. The minimum Gasteiger partial charge on any atom is -0.492 e. The maximum absolute atomic E-state index is 6.19. The van der Waals surface area contributed by atoms with Gasteiger partial charge in [-0.2, -0.15) is 0 Å². The number of halogens is 2. The molecule has 1 heterocycles. The van der Waals surface area contributed by atoms with Crippen LogP contribution >= 0.6 is 23.2 Å². The van der Waals surface area contributed by atoms with E-state index in [1.165, 1.54) is 6.42 Å². The van der Waals surface area contributed by atoms with Crippen LogP contribution in [0.25, 0.3) is 0 Å². The Morgan fingerprint density at radius 3 is 2.90 bits per heavy atom. The van der Waals surface area contributed by atoms with Gasteiger partial charge in [-0.05, 0) is 31.5 Å². The highest BCUT2D eigenvalue weighted by Gasteiger charge is 2.23. The molecule has 1 aliphatic rings. The number of rotatable bonds is 8. The zero-order valence-corrected chi connectivity index (χ0v) is 14.0. The molecule has 5 heteroatoms. The van der Waals surface area contributed by atoms with E-state index in [1.807, 2.05) is 6.07 Å². The van der Waals surface area contributed by atoms with Crippen LogP contribution in [0.1, 0.15) is 44.2 Å². The molecule has 1 N–H and O–H groups in total. The van der Waals surface area contributed by atoms with Crippen molar-refractivity contribution in [3.63, 3.8) is 0 Å². The van der Waals surface area contributed by atoms with Crippen LogP contribution in [-0.4, -0.2) is 26.4 Å². The fraction of sp³-hybridized carbons (Fsp3) is 0.625. The Labute approximate surface area is 136 Å². The molecule has 1 atom stereocenters. The molecule has 3 nitrogen and oxygen atoms in total. The average molecular weight is 332 g/mol. The summed E-state index contributed by atoms with van der Waals surface area (Å²) in [5, 5.41) is 4.79. The van der Waals surface area contributed by atoms with Gasteiger partial charge in [0, 0.05) is 36.3 Å². The van der Waals surface area contributed by atoms with Gasteiger partial charge < -0.3 is 14.8 Å². The molecule has 0 saturated heterocycles. The first-order chi connectivity index (χ1) is 10.2. The van der Waals surface area contributed by atoms with E-state index in [0.29, 0.717) is 16.7 Å². The Kier molecular flexibility index (Phi) is 7.11. The zero-order valence-electron chi connectivity index (χ0n) is 12.5. The van der Waals surface area contributed by atoms with E-state index in [1.54, 1.807) is 6.07 Å². The largest absolute Gasteiger partial charge is 0.492 e. The molecule has 1 aromatic rings. The van der Waals surface area contributed by atoms with Crippen molar-refractivity contribution in [2.45, 2.75) is 38.6 Å². The van der Waals surface area contributed by atoms with Crippen molar-refractivity contribution in [1.29, 1.82) is 0 Å². The topological polar surface area (TPSA) is 30.5 Å². The summed E-state index contributed by atoms with van der Waals surface area (Å²) in [6, 6.07) is 3.92. The molecule has 2 rings (SSSR count). The molecule has 0 spiro atoms. The number of nitrogens with one attached hydrogen (secondary N) is 1. The lowest BCUT2D eigenvalue weighted by Gasteiger charge is -2.27. The minimum atomic E-state index is 0.251. The molecule has 0 aliphatic carbocycles. The molecule has 0 fully saturated rings.